The molecule has 9 heteroatoms. The molecule has 1 nitrogen and oxygen atoms in total. The van der Waals surface area contributed by atoms with E-state index in [2.05, 4.69) is 0 Å². The average molecular weight is 458 g/mol. The van der Waals surface area contributed by atoms with Crippen LogP contribution in [0.1, 0.15) is 70.0 Å². The Kier molecular flexibility index (Phi) is 7.71. The second-order valence-electron chi connectivity index (χ2n) is 9.39. The summed E-state index contributed by atoms with van der Waals surface area (Å²) in [4.78, 5) is 1.59. The van der Waals surface area contributed by atoms with Crippen LogP contribution in [0.5, 0.6) is 0 Å². The molecule has 2 rings (SSSR count). The van der Waals surface area contributed by atoms with Crippen molar-refractivity contribution in [3.05, 3.63) is 41.8 Å². The van der Waals surface area contributed by atoms with Crippen LogP contribution < -0.4 is 0 Å². The number of piperidine rings is 1. The van der Waals surface area contributed by atoms with Gasteiger partial charge in [0.05, 0.1) is 12.0 Å². The zero-order valence-corrected chi connectivity index (χ0v) is 17.8. The van der Waals surface area contributed by atoms with Gasteiger partial charge in [0.15, 0.2) is 0 Å². The average Bonchev–Trinajstić information content (AvgIpc) is 2.59. The first-order chi connectivity index (χ1) is 14.0. The standard InChI is InChI=1S/C22H28F8N/c1-19(2,3)10-8-17(9-11-21(25,26)27)31-13-12-20(23,24)14-18(31)15-4-6-16(7-5-15)22(28,29)30/h4-7,14,17-18H,8-13H2,1-3H3. The highest BCUT2D eigenvalue weighted by Crippen LogP contribution is 2.43. The molecule has 0 spiro atoms. The highest BCUT2D eigenvalue weighted by Gasteiger charge is 2.44. The first kappa shape index (κ1) is 25.9. The van der Waals surface area contributed by atoms with Crippen LogP contribution in [0.4, 0.5) is 35.1 Å². The van der Waals surface area contributed by atoms with Crippen LogP contribution in [0.15, 0.2) is 24.3 Å². The van der Waals surface area contributed by atoms with Crippen molar-refractivity contribution in [2.75, 3.05) is 6.54 Å². The second-order valence-corrected chi connectivity index (χ2v) is 9.39. The molecule has 177 valence electrons. The summed E-state index contributed by atoms with van der Waals surface area (Å²) in [6.07, 6.45) is -9.09. The quantitative estimate of drug-likeness (QED) is 0.393. The van der Waals surface area contributed by atoms with Gasteiger partial charge < -0.3 is 0 Å². The number of rotatable bonds is 6. The van der Waals surface area contributed by atoms with Gasteiger partial charge in [0.2, 0.25) is 0 Å². The van der Waals surface area contributed by atoms with Crippen LogP contribution in [0.3, 0.4) is 0 Å². The zero-order chi connectivity index (χ0) is 23.7. The maximum Gasteiger partial charge on any atom is 0.416 e. The van der Waals surface area contributed by atoms with E-state index < -0.39 is 48.8 Å². The third kappa shape index (κ3) is 8.24. The molecule has 1 aromatic carbocycles. The SMILES string of the molecule is CC(C)(C)CCC(CCC(F)(F)F)N1CCC(F)(F)[CH]C1c1ccc(C(F)(F)F)cc1. The maximum absolute atomic E-state index is 14.2. The van der Waals surface area contributed by atoms with E-state index in [4.69, 9.17) is 0 Å². The third-order valence-electron chi connectivity index (χ3n) is 5.50. The Bertz CT molecular complexity index is 682. The summed E-state index contributed by atoms with van der Waals surface area (Å²) in [5, 5.41) is 0. The van der Waals surface area contributed by atoms with Crippen LogP contribution in [-0.4, -0.2) is 29.6 Å². The largest absolute Gasteiger partial charge is 0.416 e. The molecule has 1 aromatic rings. The molecule has 0 saturated carbocycles. The number of alkyl halides is 8. The Balaban J connectivity index is 2.33. The van der Waals surface area contributed by atoms with Gasteiger partial charge in [-0.25, -0.2) is 8.78 Å². The fraction of sp³-hybridized carbons (Fsp3) is 0.682. The van der Waals surface area contributed by atoms with Crippen LogP contribution in [0.2, 0.25) is 0 Å². The van der Waals surface area contributed by atoms with E-state index in [0.717, 1.165) is 30.7 Å². The predicted octanol–water partition coefficient (Wildman–Crippen LogP) is 7.83. The van der Waals surface area contributed by atoms with E-state index in [-0.39, 0.29) is 23.9 Å². The van der Waals surface area contributed by atoms with Gasteiger partial charge >= 0.3 is 12.4 Å². The lowest BCUT2D eigenvalue weighted by Gasteiger charge is -2.44. The zero-order valence-electron chi connectivity index (χ0n) is 17.8. The molecule has 0 amide bonds. The van der Waals surface area contributed by atoms with Gasteiger partial charge in [-0.15, -0.1) is 0 Å². The summed E-state index contributed by atoms with van der Waals surface area (Å²) in [5.74, 6) is -3.15. The number of halogens is 8. The fourth-order valence-corrected chi connectivity index (χ4v) is 3.80. The lowest BCUT2D eigenvalue weighted by Crippen LogP contribution is -2.48. The van der Waals surface area contributed by atoms with E-state index in [1.165, 1.54) is 0 Å². The molecule has 1 fully saturated rings. The molecule has 1 saturated heterocycles. The monoisotopic (exact) mass is 458 g/mol. The fourth-order valence-electron chi connectivity index (χ4n) is 3.80. The van der Waals surface area contributed by atoms with Crippen molar-refractivity contribution >= 4 is 0 Å². The number of likely N-dealkylation sites (tertiary alicyclic amines) is 1. The Morgan fingerprint density at radius 2 is 1.48 bits per heavy atom. The molecule has 0 aliphatic carbocycles. The van der Waals surface area contributed by atoms with Crippen LogP contribution in [0.25, 0.3) is 0 Å². The molecule has 0 aromatic heterocycles. The molecular weight excluding hydrogens is 430 g/mol. The molecule has 2 atom stereocenters. The minimum absolute atomic E-state index is 0.137. The molecule has 1 radical (unpaired) electrons. The van der Waals surface area contributed by atoms with Crippen LogP contribution in [0, 0.1) is 11.8 Å². The molecule has 2 unspecified atom stereocenters. The Hall–Kier alpha value is -1.38. The van der Waals surface area contributed by atoms with Gasteiger partial charge in [-0.05, 0) is 42.4 Å². The van der Waals surface area contributed by atoms with Crippen molar-refractivity contribution in [2.45, 2.75) is 83.2 Å². The van der Waals surface area contributed by atoms with Crippen molar-refractivity contribution in [1.29, 1.82) is 0 Å². The first-order valence-electron chi connectivity index (χ1n) is 10.2. The minimum atomic E-state index is -4.57. The van der Waals surface area contributed by atoms with E-state index in [0.29, 0.717) is 12.8 Å². The summed E-state index contributed by atoms with van der Waals surface area (Å²) >= 11 is 0. The molecule has 0 bridgehead atoms. The molecule has 1 aliphatic heterocycles. The van der Waals surface area contributed by atoms with Gasteiger partial charge in [0.1, 0.15) is 0 Å². The summed E-state index contributed by atoms with van der Waals surface area (Å²) in [6, 6.07) is 2.19. The Morgan fingerprint density at radius 1 is 0.935 bits per heavy atom. The summed E-state index contributed by atoms with van der Waals surface area (Å²) in [6.45, 7) is 5.69. The highest BCUT2D eigenvalue weighted by atomic mass is 19.4. The number of hydrogen-bond donors (Lipinski definition) is 0. The number of nitrogens with zero attached hydrogens (tertiary/aromatic N) is 1. The smallest absolute Gasteiger partial charge is 0.293 e. The van der Waals surface area contributed by atoms with E-state index >= 15 is 0 Å². The Morgan fingerprint density at radius 3 is 1.97 bits per heavy atom. The van der Waals surface area contributed by atoms with E-state index in [1.807, 2.05) is 20.8 Å². The predicted molar refractivity (Wildman–Crippen MR) is 103 cm³/mol. The molecule has 31 heavy (non-hydrogen) atoms. The topological polar surface area (TPSA) is 3.24 Å². The lowest BCUT2D eigenvalue weighted by atomic mass is 9.84. The summed E-state index contributed by atoms with van der Waals surface area (Å²) in [7, 11) is 0. The van der Waals surface area contributed by atoms with Crippen molar-refractivity contribution < 1.29 is 35.1 Å². The highest BCUT2D eigenvalue weighted by molar-refractivity contribution is 5.30. The molecule has 0 N–H and O–H groups in total. The minimum Gasteiger partial charge on any atom is -0.293 e. The first-order valence-corrected chi connectivity index (χ1v) is 10.2. The number of benzene rings is 1. The van der Waals surface area contributed by atoms with Gasteiger partial charge in [0, 0.05) is 31.5 Å². The van der Waals surface area contributed by atoms with Crippen molar-refractivity contribution in [2.24, 2.45) is 5.41 Å². The molecular formula is C22H28F8N. The lowest BCUT2D eigenvalue weighted by molar-refractivity contribution is -0.140. The molecule has 1 heterocycles. The second kappa shape index (κ2) is 9.24. The van der Waals surface area contributed by atoms with Crippen LogP contribution in [-0.2, 0) is 6.18 Å². The number of hydrogen-bond acceptors (Lipinski definition) is 1. The maximum atomic E-state index is 14.2. The van der Waals surface area contributed by atoms with Crippen molar-refractivity contribution in [3.8, 4) is 0 Å². The van der Waals surface area contributed by atoms with Gasteiger partial charge in [-0.3, -0.25) is 4.90 Å². The normalized spacial score (nSPS) is 21.8. The van der Waals surface area contributed by atoms with E-state index in [9.17, 15) is 35.1 Å². The Labute approximate surface area is 177 Å². The van der Waals surface area contributed by atoms with Gasteiger partial charge in [-0.2, -0.15) is 26.3 Å². The van der Waals surface area contributed by atoms with E-state index in [1.54, 1.807) is 4.90 Å². The van der Waals surface area contributed by atoms with Crippen molar-refractivity contribution in [1.82, 2.24) is 4.90 Å². The van der Waals surface area contributed by atoms with Crippen LogP contribution >= 0.6 is 0 Å². The molecule has 1 aliphatic rings. The van der Waals surface area contributed by atoms with Gasteiger partial charge in [0.25, 0.3) is 5.92 Å². The third-order valence-corrected chi connectivity index (χ3v) is 5.50. The summed E-state index contributed by atoms with van der Waals surface area (Å²) < 4.78 is 106. The van der Waals surface area contributed by atoms with Gasteiger partial charge in [-0.1, -0.05) is 32.9 Å². The summed E-state index contributed by atoms with van der Waals surface area (Å²) in [5.41, 5.74) is -0.865. The van der Waals surface area contributed by atoms with Crippen molar-refractivity contribution in [3.63, 3.8) is 0 Å².